The molecule has 0 atom stereocenters. The smallest absolute Gasteiger partial charge is 0.333 e. The van der Waals surface area contributed by atoms with Gasteiger partial charge >= 0.3 is 11.9 Å². The van der Waals surface area contributed by atoms with Crippen molar-refractivity contribution in [2.24, 2.45) is 10.8 Å². The first-order valence-corrected chi connectivity index (χ1v) is 22.0. The fourth-order valence-corrected chi connectivity index (χ4v) is 5.89. The summed E-state index contributed by atoms with van der Waals surface area (Å²) < 4.78 is 45.1. The number of nitrogens with zero attached hydrogens (tertiary/aromatic N) is 2. The highest BCUT2D eigenvalue weighted by molar-refractivity contribution is 6.02. The molecular formula is C45H80N2O18. The molecule has 0 saturated carbocycles. The van der Waals surface area contributed by atoms with E-state index in [2.05, 4.69) is 0 Å². The maximum atomic E-state index is 12.1. The Kier molecular flexibility index (Phi) is 36.4. The highest BCUT2D eigenvalue weighted by Gasteiger charge is 2.35. The molecule has 65 heavy (non-hydrogen) atoms. The number of Topliss-reactive ketones (excluding diaryl/α,β-unsaturated/α-hetero) is 2. The van der Waals surface area contributed by atoms with Crippen LogP contribution in [0.2, 0.25) is 0 Å². The van der Waals surface area contributed by atoms with Gasteiger partial charge in [-0.1, -0.05) is 14.9 Å². The number of amides is 4. The summed E-state index contributed by atoms with van der Waals surface area (Å²) in [6.45, 7) is 18.5. The number of hydrogen-bond donors (Lipinski definition) is 0. The highest BCUT2D eigenvalue weighted by Crippen LogP contribution is 2.23. The lowest BCUT2D eigenvalue weighted by Crippen LogP contribution is -2.42. The quantitative estimate of drug-likeness (QED) is 0.0613. The number of carbonyl (C=O) groups excluding carboxylic acids is 8. The van der Waals surface area contributed by atoms with Gasteiger partial charge in [-0.3, -0.25) is 28.8 Å². The number of ether oxygens (including phenoxy) is 8. The van der Waals surface area contributed by atoms with Gasteiger partial charge in [0.1, 0.15) is 11.6 Å². The number of ketones is 2. The van der Waals surface area contributed by atoms with Crippen molar-refractivity contribution in [3.8, 4) is 0 Å². The topological polar surface area (TPSA) is 235 Å². The second kappa shape index (κ2) is 37.3. The zero-order valence-corrected chi connectivity index (χ0v) is 38.3. The molecule has 0 aromatic carbocycles. The van der Waals surface area contributed by atoms with Crippen LogP contribution in [-0.4, -0.2) is 163 Å². The minimum atomic E-state index is -0.790. The van der Waals surface area contributed by atoms with Crippen LogP contribution >= 0.6 is 0 Å². The Morgan fingerprint density at radius 3 is 0.985 bits per heavy atom. The molecule has 2 fully saturated rings. The van der Waals surface area contributed by atoms with E-state index < -0.39 is 46.4 Å². The van der Waals surface area contributed by atoms with E-state index in [0.717, 1.165) is 0 Å². The third kappa shape index (κ3) is 26.8. The van der Waals surface area contributed by atoms with E-state index in [1.54, 1.807) is 0 Å². The molecule has 20 heteroatoms. The van der Waals surface area contributed by atoms with Crippen LogP contribution in [0.3, 0.4) is 0 Å². The first kappa shape index (κ1) is 63.3. The van der Waals surface area contributed by atoms with Crippen molar-refractivity contribution in [3.63, 3.8) is 0 Å². The van der Waals surface area contributed by atoms with E-state index in [-0.39, 0.29) is 110 Å². The average Bonchev–Trinajstić information content (AvgIpc) is 3.76. The minimum absolute atomic E-state index is 0. The molecule has 0 unspecified atom stereocenters. The number of rotatable bonds is 37. The average molecular weight is 937 g/mol. The molecule has 0 aromatic heterocycles. The molecule has 0 aromatic rings. The van der Waals surface area contributed by atoms with Gasteiger partial charge in [-0.05, 0) is 48.0 Å². The summed E-state index contributed by atoms with van der Waals surface area (Å²) in [5, 5.41) is 0.988. The second-order valence-corrected chi connectivity index (χ2v) is 14.9. The van der Waals surface area contributed by atoms with Gasteiger partial charge in [-0.15, -0.1) is 10.1 Å². The molecule has 0 bridgehead atoms. The van der Waals surface area contributed by atoms with E-state index in [1.807, 2.05) is 41.5 Å². The van der Waals surface area contributed by atoms with Gasteiger partial charge in [0, 0.05) is 97.4 Å². The Morgan fingerprint density at radius 2 is 0.677 bits per heavy atom. The van der Waals surface area contributed by atoms with Crippen LogP contribution in [0.5, 0.6) is 0 Å². The lowest BCUT2D eigenvalue weighted by molar-refractivity contribution is -0.197. The number of carbonyl (C=O) groups is 8. The molecule has 378 valence electrons. The van der Waals surface area contributed by atoms with Gasteiger partial charge in [0.05, 0.1) is 83.3 Å². The largest absolute Gasteiger partial charge is 0.381 e. The van der Waals surface area contributed by atoms with Crippen molar-refractivity contribution in [3.05, 3.63) is 0 Å². The van der Waals surface area contributed by atoms with Crippen molar-refractivity contribution >= 4 is 47.1 Å². The van der Waals surface area contributed by atoms with E-state index >= 15 is 0 Å². The molecule has 0 aliphatic carbocycles. The maximum Gasteiger partial charge on any atom is 0.333 e. The zero-order chi connectivity index (χ0) is 46.9. The van der Waals surface area contributed by atoms with Gasteiger partial charge < -0.3 is 47.6 Å². The minimum Gasteiger partial charge on any atom is -0.381 e. The Hall–Kier alpha value is -3.76. The molecule has 0 radical (unpaired) electrons. The molecule has 0 N–H and O–H groups in total. The van der Waals surface area contributed by atoms with E-state index in [9.17, 15) is 38.4 Å². The Bertz CT molecular complexity index is 1330. The lowest BCUT2D eigenvalue weighted by Gasteiger charge is -2.32. The molecule has 2 rings (SSSR count). The third-order valence-corrected chi connectivity index (χ3v) is 9.38. The summed E-state index contributed by atoms with van der Waals surface area (Å²) in [4.78, 5) is 103. The van der Waals surface area contributed by atoms with Crippen LogP contribution in [0.1, 0.15) is 127 Å². The van der Waals surface area contributed by atoms with Crippen molar-refractivity contribution in [2.75, 3.05) is 106 Å². The molecule has 2 aliphatic heterocycles. The predicted molar refractivity (Wildman–Crippen MR) is 236 cm³/mol. The number of hydrogen-bond acceptors (Lipinski definition) is 18. The predicted octanol–water partition coefficient (Wildman–Crippen LogP) is 4.55. The monoisotopic (exact) mass is 937 g/mol. The van der Waals surface area contributed by atoms with Crippen LogP contribution in [0.15, 0.2) is 0 Å². The normalized spacial score (nSPS) is 13.9. The van der Waals surface area contributed by atoms with Gasteiger partial charge in [-0.2, -0.15) is 0 Å². The summed E-state index contributed by atoms with van der Waals surface area (Å²) in [6.07, 6.45) is 0.633. The van der Waals surface area contributed by atoms with Crippen molar-refractivity contribution in [1.82, 2.24) is 10.1 Å². The summed E-state index contributed by atoms with van der Waals surface area (Å²) in [6, 6.07) is 0. The van der Waals surface area contributed by atoms with Crippen LogP contribution in [0.4, 0.5) is 0 Å². The van der Waals surface area contributed by atoms with E-state index in [1.165, 1.54) is 0 Å². The Labute approximate surface area is 386 Å². The fourth-order valence-electron chi connectivity index (χ4n) is 5.89. The molecule has 0 spiro atoms. The van der Waals surface area contributed by atoms with E-state index in [0.29, 0.717) is 103 Å². The summed E-state index contributed by atoms with van der Waals surface area (Å²) in [7, 11) is 0. The summed E-state index contributed by atoms with van der Waals surface area (Å²) >= 11 is 0. The van der Waals surface area contributed by atoms with Gasteiger partial charge in [0.15, 0.2) is 0 Å². The van der Waals surface area contributed by atoms with Gasteiger partial charge in [-0.25, -0.2) is 9.59 Å². The van der Waals surface area contributed by atoms with Crippen molar-refractivity contribution in [2.45, 2.75) is 127 Å². The summed E-state index contributed by atoms with van der Waals surface area (Å²) in [5.74, 6) is -3.86. The van der Waals surface area contributed by atoms with Crippen LogP contribution in [0, 0.1) is 10.8 Å². The molecule has 2 aliphatic rings. The third-order valence-electron chi connectivity index (χ3n) is 9.38. The molecule has 2 heterocycles. The van der Waals surface area contributed by atoms with Gasteiger partial charge in [0.25, 0.3) is 23.6 Å². The highest BCUT2D eigenvalue weighted by atomic mass is 16.7. The van der Waals surface area contributed by atoms with Gasteiger partial charge in [0.2, 0.25) is 0 Å². The first-order valence-electron chi connectivity index (χ1n) is 22.0. The fraction of sp³-hybridized carbons (Fsp3) is 0.822. The maximum absolute atomic E-state index is 12.1. The molecule has 2 saturated heterocycles. The molecular weight excluding hydrogens is 856 g/mol. The van der Waals surface area contributed by atoms with Crippen LogP contribution in [0.25, 0.3) is 0 Å². The van der Waals surface area contributed by atoms with E-state index in [4.69, 9.17) is 47.6 Å². The first-order chi connectivity index (χ1) is 30.2. The lowest BCUT2D eigenvalue weighted by atomic mass is 9.92. The van der Waals surface area contributed by atoms with Crippen molar-refractivity contribution in [1.29, 1.82) is 0 Å². The Balaban J connectivity index is 0. The van der Waals surface area contributed by atoms with Crippen LogP contribution in [-0.2, 0) is 85.9 Å². The number of hydroxylamine groups is 4. The SMILES string of the molecule is C.C.CCOCC(COCC)(COCC)COCCC(=O)CCC(=O)ON1C(=O)CCC1=O.CCOCC(COCC)(COCC)COCCC(=O)CCCC(=O)ON1C(=O)CCC1=O. The van der Waals surface area contributed by atoms with Crippen molar-refractivity contribution < 1.29 is 85.9 Å². The second-order valence-electron chi connectivity index (χ2n) is 14.9. The summed E-state index contributed by atoms with van der Waals surface area (Å²) in [5.41, 5.74) is -0.914. The molecule has 20 nitrogen and oxygen atoms in total. The molecule has 4 amide bonds. The standard InChI is InChI=1S/C22H37NO9.C21H35NO9.2CH4/c1-4-28-14-22(15-29-5-2,16-30-6-3)17-31-13-12-18(24)8-7-9-21(27)32-23-19(25)10-11-20(23)26;1-4-27-13-21(14-28-5-2,15-29-6-3)16-30-12-11-17(23)7-10-20(26)31-22-18(24)8-9-19(22)25;;/h4-17H2,1-3H3;4-16H2,1-3H3;2*1H4. The Morgan fingerprint density at radius 1 is 0.400 bits per heavy atom. The number of imide groups is 2. The zero-order valence-electron chi connectivity index (χ0n) is 38.3. The van der Waals surface area contributed by atoms with Crippen LogP contribution < -0.4 is 0 Å².